The molecule has 1 rings (SSSR count). The van der Waals surface area contributed by atoms with Gasteiger partial charge in [-0.1, -0.05) is 11.6 Å². The number of anilines is 1. The molecule has 0 spiro atoms. The predicted molar refractivity (Wildman–Crippen MR) is 40.3 cm³/mol. The Morgan fingerprint density at radius 3 is 2.82 bits per heavy atom. The van der Waals surface area contributed by atoms with Gasteiger partial charge in [-0.3, -0.25) is 0 Å². The average molecular weight is 174 g/mol. The molecule has 0 aliphatic rings. The van der Waals surface area contributed by atoms with E-state index in [1.165, 1.54) is 12.3 Å². The van der Waals surface area contributed by atoms with Crippen molar-refractivity contribution in [1.29, 1.82) is 0 Å². The molecule has 0 amide bonds. The van der Waals surface area contributed by atoms with E-state index in [0.717, 1.165) is 0 Å². The Kier molecular flexibility index (Phi) is 1.91. The van der Waals surface area contributed by atoms with Gasteiger partial charge in [0.05, 0.1) is 5.69 Å². The number of nitrogen functional groups attached to an aromatic ring is 1. The summed E-state index contributed by atoms with van der Waals surface area (Å²) < 4.78 is 0. The van der Waals surface area contributed by atoms with E-state index in [9.17, 15) is 10.1 Å². The highest BCUT2D eigenvalue weighted by atomic mass is 35.5. The maximum Gasteiger partial charge on any atom is 0.384 e. The molecule has 0 bridgehead atoms. The second-order valence-electron chi connectivity index (χ2n) is 1.79. The van der Waals surface area contributed by atoms with Crippen LogP contribution in [0.25, 0.3) is 0 Å². The Labute approximate surface area is 66.9 Å². The number of nitrogens with two attached hydrogens (primary N) is 1. The molecule has 0 radical (unpaired) electrons. The van der Waals surface area contributed by atoms with Gasteiger partial charge in [0.2, 0.25) is 0 Å². The van der Waals surface area contributed by atoms with Crippen molar-refractivity contribution in [3.63, 3.8) is 0 Å². The molecule has 1 heterocycles. The number of hydrogen-bond acceptors (Lipinski definition) is 4. The summed E-state index contributed by atoms with van der Waals surface area (Å²) in [5, 5.41) is 10.1. The Balaban J connectivity index is 3.27. The van der Waals surface area contributed by atoms with E-state index >= 15 is 0 Å². The number of pyridine rings is 1. The van der Waals surface area contributed by atoms with Crippen molar-refractivity contribution in [2.75, 3.05) is 5.73 Å². The van der Waals surface area contributed by atoms with Crippen molar-refractivity contribution in [2.45, 2.75) is 0 Å². The summed E-state index contributed by atoms with van der Waals surface area (Å²) in [5.41, 5.74) is 5.44. The third-order valence-electron chi connectivity index (χ3n) is 1.07. The molecule has 0 unspecified atom stereocenters. The Bertz CT molecular complexity index is 302. The highest BCUT2D eigenvalue weighted by Gasteiger charge is 2.14. The molecule has 0 aliphatic carbocycles. The highest BCUT2D eigenvalue weighted by molar-refractivity contribution is 6.34. The number of hydrogen-bond donors (Lipinski definition) is 1. The van der Waals surface area contributed by atoms with Crippen molar-refractivity contribution in [3.05, 3.63) is 27.4 Å². The summed E-state index contributed by atoms with van der Waals surface area (Å²) in [7, 11) is 0. The fraction of sp³-hybridized carbons (Fsp3) is 0. The second kappa shape index (κ2) is 2.71. The van der Waals surface area contributed by atoms with Gasteiger partial charge in [-0.05, 0) is 9.91 Å². The molecular formula is C5H4ClN3O2. The number of rotatable bonds is 1. The zero-order valence-electron chi connectivity index (χ0n) is 5.32. The number of aromatic nitrogens is 1. The Morgan fingerprint density at radius 2 is 2.36 bits per heavy atom. The molecule has 5 nitrogen and oxygen atoms in total. The van der Waals surface area contributed by atoms with E-state index in [2.05, 4.69) is 4.98 Å². The molecule has 0 aromatic carbocycles. The Hall–Kier alpha value is -1.36. The highest BCUT2D eigenvalue weighted by Crippen LogP contribution is 2.26. The summed E-state index contributed by atoms with van der Waals surface area (Å²) in [6.07, 6.45) is 1.24. The standard InChI is InChI=1S/C5H4ClN3O2/c6-4-3(7)1-2-8-5(4)9(10)11/h1-2H,(H2,7,8). The fourth-order valence-corrected chi connectivity index (χ4v) is 0.755. The van der Waals surface area contributed by atoms with Crippen LogP contribution in [0.5, 0.6) is 0 Å². The van der Waals surface area contributed by atoms with Gasteiger partial charge in [0.15, 0.2) is 5.02 Å². The fourth-order valence-electron chi connectivity index (χ4n) is 0.574. The molecule has 1 aromatic rings. The van der Waals surface area contributed by atoms with Gasteiger partial charge >= 0.3 is 5.82 Å². The van der Waals surface area contributed by atoms with Crippen LogP contribution in [0.4, 0.5) is 11.5 Å². The van der Waals surface area contributed by atoms with Crippen LogP contribution in [0, 0.1) is 10.1 Å². The average Bonchev–Trinajstić information content (AvgIpc) is 1.94. The van der Waals surface area contributed by atoms with Gasteiger partial charge in [-0.15, -0.1) is 0 Å². The molecule has 6 heteroatoms. The molecule has 2 N–H and O–H groups in total. The maximum atomic E-state index is 10.2. The second-order valence-corrected chi connectivity index (χ2v) is 2.17. The van der Waals surface area contributed by atoms with Gasteiger partial charge in [-0.25, -0.2) is 0 Å². The number of nitro groups is 1. The third kappa shape index (κ3) is 1.38. The first-order chi connectivity index (χ1) is 5.13. The first-order valence-electron chi connectivity index (χ1n) is 2.67. The lowest BCUT2D eigenvalue weighted by atomic mass is 10.4. The van der Waals surface area contributed by atoms with Gasteiger partial charge < -0.3 is 15.8 Å². The molecule has 0 atom stereocenters. The lowest BCUT2D eigenvalue weighted by Gasteiger charge is -1.95. The maximum absolute atomic E-state index is 10.2. The minimum absolute atomic E-state index is 0.113. The lowest BCUT2D eigenvalue weighted by Crippen LogP contribution is -1.95. The first-order valence-corrected chi connectivity index (χ1v) is 3.05. The van der Waals surface area contributed by atoms with E-state index in [-0.39, 0.29) is 10.7 Å². The monoisotopic (exact) mass is 173 g/mol. The molecular weight excluding hydrogens is 170 g/mol. The van der Waals surface area contributed by atoms with Crippen LogP contribution < -0.4 is 5.73 Å². The number of nitrogens with zero attached hydrogens (tertiary/aromatic N) is 2. The minimum Gasteiger partial charge on any atom is -0.397 e. The van der Waals surface area contributed by atoms with Crippen LogP contribution in [0.3, 0.4) is 0 Å². The van der Waals surface area contributed by atoms with Crippen molar-refractivity contribution in [1.82, 2.24) is 4.98 Å². The minimum atomic E-state index is -0.682. The molecule has 0 fully saturated rings. The van der Waals surface area contributed by atoms with Crippen molar-refractivity contribution in [3.8, 4) is 0 Å². The van der Waals surface area contributed by atoms with Crippen molar-refractivity contribution < 1.29 is 4.92 Å². The quantitative estimate of drug-likeness (QED) is 0.511. The number of halogens is 1. The molecule has 0 saturated heterocycles. The Morgan fingerprint density at radius 1 is 1.73 bits per heavy atom. The van der Waals surface area contributed by atoms with E-state index in [4.69, 9.17) is 17.3 Å². The summed E-state index contributed by atoms with van der Waals surface area (Å²) >= 11 is 5.46. The van der Waals surface area contributed by atoms with Crippen molar-refractivity contribution >= 4 is 23.1 Å². The smallest absolute Gasteiger partial charge is 0.384 e. The predicted octanol–water partition coefficient (Wildman–Crippen LogP) is 1.23. The van der Waals surface area contributed by atoms with Crippen LogP contribution >= 0.6 is 11.6 Å². The summed E-state index contributed by atoms with van der Waals surface area (Å²) in [5.74, 6) is -0.410. The zero-order chi connectivity index (χ0) is 8.43. The van der Waals surface area contributed by atoms with E-state index < -0.39 is 10.7 Å². The van der Waals surface area contributed by atoms with Crippen LogP contribution in [0.15, 0.2) is 12.3 Å². The normalized spacial score (nSPS) is 9.55. The topological polar surface area (TPSA) is 82.0 Å². The van der Waals surface area contributed by atoms with E-state index in [0.29, 0.717) is 0 Å². The first kappa shape index (κ1) is 7.74. The van der Waals surface area contributed by atoms with Crippen LogP contribution in [-0.4, -0.2) is 9.91 Å². The summed E-state index contributed by atoms with van der Waals surface area (Å²) in [6.45, 7) is 0. The molecule has 1 aromatic heterocycles. The molecule has 0 aliphatic heterocycles. The van der Waals surface area contributed by atoms with Crippen LogP contribution in [0.1, 0.15) is 0 Å². The SMILES string of the molecule is Nc1ccnc([N+](=O)[O-])c1Cl. The third-order valence-corrected chi connectivity index (χ3v) is 1.46. The van der Waals surface area contributed by atoms with Crippen molar-refractivity contribution in [2.24, 2.45) is 0 Å². The molecule has 11 heavy (non-hydrogen) atoms. The molecule has 0 saturated carbocycles. The lowest BCUT2D eigenvalue weighted by molar-refractivity contribution is -0.389. The van der Waals surface area contributed by atoms with E-state index in [1.54, 1.807) is 0 Å². The summed E-state index contributed by atoms with van der Waals surface area (Å²) in [6, 6.07) is 1.40. The van der Waals surface area contributed by atoms with Crippen LogP contribution in [-0.2, 0) is 0 Å². The molecule has 58 valence electrons. The van der Waals surface area contributed by atoms with E-state index in [1.807, 2.05) is 0 Å². The van der Waals surface area contributed by atoms with Crippen LogP contribution in [0.2, 0.25) is 5.02 Å². The van der Waals surface area contributed by atoms with Gasteiger partial charge in [-0.2, -0.15) is 0 Å². The zero-order valence-corrected chi connectivity index (χ0v) is 6.08. The van der Waals surface area contributed by atoms with Gasteiger partial charge in [0.1, 0.15) is 6.20 Å². The largest absolute Gasteiger partial charge is 0.397 e. The van der Waals surface area contributed by atoms with Gasteiger partial charge in [0.25, 0.3) is 0 Å². The van der Waals surface area contributed by atoms with Gasteiger partial charge in [0, 0.05) is 6.07 Å². The summed E-state index contributed by atoms with van der Waals surface area (Å²) in [4.78, 5) is 12.9.